The number of hydrogen-bond donors (Lipinski definition) is 0. The zero-order valence-corrected chi connectivity index (χ0v) is 15.6. The Hall–Kier alpha value is -4.00. The summed E-state index contributed by atoms with van der Waals surface area (Å²) < 4.78 is 29.8. The summed E-state index contributed by atoms with van der Waals surface area (Å²) in [4.78, 5) is 18.8. The average Bonchev–Trinajstić information content (AvgIpc) is 2.75. The second-order valence-corrected chi connectivity index (χ2v) is 6.60. The minimum absolute atomic E-state index is 0.154. The molecule has 2 aromatic carbocycles. The molecule has 0 spiro atoms. The molecule has 7 heteroatoms. The number of rotatable bonds is 5. The van der Waals surface area contributed by atoms with Gasteiger partial charge in [-0.05, 0) is 35.9 Å². The molecule has 0 radical (unpaired) electrons. The summed E-state index contributed by atoms with van der Waals surface area (Å²) in [6, 6.07) is 20.6. The Balaban J connectivity index is 1.86. The lowest BCUT2D eigenvalue weighted by molar-refractivity contribution is -0.390. The summed E-state index contributed by atoms with van der Waals surface area (Å²) in [6.45, 7) is 0. The van der Waals surface area contributed by atoms with E-state index in [9.17, 15) is 18.9 Å². The van der Waals surface area contributed by atoms with Crippen molar-refractivity contribution < 1.29 is 13.7 Å². The van der Waals surface area contributed by atoms with Crippen LogP contribution in [0.2, 0.25) is 0 Å². The minimum Gasteiger partial charge on any atom is -0.258 e. The van der Waals surface area contributed by atoms with Crippen molar-refractivity contribution in [2.24, 2.45) is 0 Å². The van der Waals surface area contributed by atoms with Crippen LogP contribution in [0.1, 0.15) is 11.3 Å². The topological polar surface area (TPSA) is 68.9 Å². The molecule has 0 saturated carbocycles. The SMILES string of the molecule is O=[N+]([O-])c1c(F)c(-c2ccccn2)cc(-c2cccc(Cc3ccccc3)n2)c1F. The van der Waals surface area contributed by atoms with Crippen LogP contribution in [0, 0.1) is 21.7 Å². The maximum absolute atomic E-state index is 15.0. The number of nitrogens with zero attached hydrogens (tertiary/aromatic N) is 3. The molecule has 0 aliphatic carbocycles. The van der Waals surface area contributed by atoms with Crippen molar-refractivity contribution in [3.05, 3.63) is 112 Å². The fourth-order valence-electron chi connectivity index (χ4n) is 3.21. The summed E-state index contributed by atoms with van der Waals surface area (Å²) in [7, 11) is 0. The van der Waals surface area contributed by atoms with Gasteiger partial charge < -0.3 is 0 Å². The molecule has 4 rings (SSSR count). The molecule has 0 aliphatic heterocycles. The highest BCUT2D eigenvalue weighted by Gasteiger charge is 2.29. The molecular formula is C23H15F2N3O2. The molecule has 0 bridgehead atoms. The second kappa shape index (κ2) is 8.16. The summed E-state index contributed by atoms with van der Waals surface area (Å²) in [5.41, 5.74) is 0.489. The van der Waals surface area contributed by atoms with Crippen LogP contribution in [0.25, 0.3) is 22.5 Å². The van der Waals surface area contributed by atoms with Crippen LogP contribution in [0.4, 0.5) is 14.5 Å². The molecule has 2 heterocycles. The first-order chi connectivity index (χ1) is 14.5. The zero-order chi connectivity index (χ0) is 21.1. The Bertz CT molecular complexity index is 1220. The number of halogens is 2. The average molecular weight is 403 g/mol. The van der Waals surface area contributed by atoms with E-state index in [1.165, 1.54) is 24.4 Å². The van der Waals surface area contributed by atoms with Crippen molar-refractivity contribution >= 4 is 5.69 Å². The number of nitro benzene ring substituents is 1. The lowest BCUT2D eigenvalue weighted by Crippen LogP contribution is -2.03. The molecule has 0 fully saturated rings. The maximum Gasteiger partial charge on any atom is 0.341 e. The molecule has 4 aromatic rings. The summed E-state index contributed by atoms with van der Waals surface area (Å²) in [5.74, 6) is -2.53. The first-order valence-electron chi connectivity index (χ1n) is 9.12. The Kier molecular flexibility index (Phi) is 5.26. The van der Waals surface area contributed by atoms with E-state index < -0.39 is 22.2 Å². The summed E-state index contributed by atoms with van der Waals surface area (Å²) in [6.07, 6.45) is 1.94. The van der Waals surface area contributed by atoms with Crippen LogP contribution in [0.15, 0.2) is 79.0 Å². The van der Waals surface area contributed by atoms with E-state index in [0.29, 0.717) is 12.1 Å². The molecule has 0 unspecified atom stereocenters. The smallest absolute Gasteiger partial charge is 0.258 e. The Morgan fingerprint density at radius 1 is 0.833 bits per heavy atom. The lowest BCUT2D eigenvalue weighted by Gasteiger charge is -2.10. The van der Waals surface area contributed by atoms with Gasteiger partial charge in [0.25, 0.3) is 0 Å². The van der Waals surface area contributed by atoms with E-state index in [2.05, 4.69) is 9.97 Å². The third kappa shape index (κ3) is 3.77. The molecule has 2 aromatic heterocycles. The van der Waals surface area contributed by atoms with Gasteiger partial charge in [0.15, 0.2) is 0 Å². The molecule has 0 N–H and O–H groups in total. The molecular weight excluding hydrogens is 388 g/mol. The van der Waals surface area contributed by atoms with Crippen molar-refractivity contribution in [3.8, 4) is 22.5 Å². The Morgan fingerprint density at radius 2 is 1.50 bits per heavy atom. The predicted octanol–water partition coefficient (Wildman–Crippen LogP) is 5.59. The third-order valence-corrected chi connectivity index (χ3v) is 4.61. The largest absolute Gasteiger partial charge is 0.341 e. The Labute approximate surface area is 170 Å². The van der Waals surface area contributed by atoms with E-state index in [1.54, 1.807) is 24.3 Å². The van der Waals surface area contributed by atoms with Crippen molar-refractivity contribution in [2.75, 3.05) is 0 Å². The molecule has 30 heavy (non-hydrogen) atoms. The van der Waals surface area contributed by atoms with E-state index >= 15 is 0 Å². The van der Waals surface area contributed by atoms with Crippen molar-refractivity contribution in [1.29, 1.82) is 0 Å². The first kappa shape index (κ1) is 19.3. The highest BCUT2D eigenvalue weighted by molar-refractivity contribution is 5.75. The van der Waals surface area contributed by atoms with Gasteiger partial charge in [-0.3, -0.25) is 20.1 Å². The van der Waals surface area contributed by atoms with E-state index in [4.69, 9.17) is 0 Å². The van der Waals surface area contributed by atoms with Crippen LogP contribution < -0.4 is 0 Å². The first-order valence-corrected chi connectivity index (χ1v) is 9.12. The quantitative estimate of drug-likeness (QED) is 0.322. The number of hydrogen-bond acceptors (Lipinski definition) is 4. The summed E-state index contributed by atoms with van der Waals surface area (Å²) >= 11 is 0. The van der Waals surface area contributed by atoms with Gasteiger partial charge in [0.2, 0.25) is 11.6 Å². The van der Waals surface area contributed by atoms with Crippen molar-refractivity contribution in [3.63, 3.8) is 0 Å². The highest BCUT2D eigenvalue weighted by atomic mass is 19.1. The number of pyridine rings is 2. The van der Waals surface area contributed by atoms with Crippen LogP contribution in [0.5, 0.6) is 0 Å². The van der Waals surface area contributed by atoms with Gasteiger partial charge in [-0.15, -0.1) is 0 Å². The fourth-order valence-corrected chi connectivity index (χ4v) is 3.21. The number of aromatic nitrogens is 2. The normalized spacial score (nSPS) is 10.7. The van der Waals surface area contributed by atoms with Gasteiger partial charge in [0, 0.05) is 29.4 Å². The lowest BCUT2D eigenvalue weighted by atomic mass is 10.0. The summed E-state index contributed by atoms with van der Waals surface area (Å²) in [5, 5.41) is 11.4. The fraction of sp³-hybridized carbons (Fsp3) is 0.0435. The van der Waals surface area contributed by atoms with Crippen molar-refractivity contribution in [1.82, 2.24) is 9.97 Å². The van der Waals surface area contributed by atoms with Gasteiger partial charge in [0.1, 0.15) is 0 Å². The number of benzene rings is 2. The van der Waals surface area contributed by atoms with Gasteiger partial charge in [-0.25, -0.2) is 0 Å². The van der Waals surface area contributed by atoms with Crippen LogP contribution >= 0.6 is 0 Å². The standard InChI is InChI=1S/C23H15F2N3O2/c24-21-17(19-10-4-5-12-26-19)14-18(22(25)23(21)28(29)30)20-11-6-9-16(27-20)13-15-7-2-1-3-8-15/h1-12,14H,13H2. The van der Waals surface area contributed by atoms with Gasteiger partial charge in [0.05, 0.1) is 16.3 Å². The van der Waals surface area contributed by atoms with Crippen LogP contribution in [0.3, 0.4) is 0 Å². The van der Waals surface area contributed by atoms with Crippen LogP contribution in [-0.2, 0) is 6.42 Å². The zero-order valence-electron chi connectivity index (χ0n) is 15.6. The highest BCUT2D eigenvalue weighted by Crippen LogP contribution is 2.37. The van der Waals surface area contributed by atoms with Crippen LogP contribution in [-0.4, -0.2) is 14.9 Å². The van der Waals surface area contributed by atoms with Crippen molar-refractivity contribution in [2.45, 2.75) is 6.42 Å². The minimum atomic E-state index is -1.26. The number of nitro groups is 1. The van der Waals surface area contributed by atoms with E-state index in [1.807, 2.05) is 30.3 Å². The van der Waals surface area contributed by atoms with E-state index in [0.717, 1.165) is 5.56 Å². The monoisotopic (exact) mass is 403 g/mol. The molecule has 0 atom stereocenters. The van der Waals surface area contributed by atoms with Gasteiger partial charge in [-0.1, -0.05) is 42.5 Å². The molecule has 0 saturated heterocycles. The molecule has 5 nitrogen and oxygen atoms in total. The maximum atomic E-state index is 15.0. The Morgan fingerprint density at radius 3 is 2.17 bits per heavy atom. The molecule has 0 amide bonds. The van der Waals surface area contributed by atoms with Gasteiger partial charge in [-0.2, -0.15) is 8.78 Å². The second-order valence-electron chi connectivity index (χ2n) is 6.60. The molecule has 148 valence electrons. The van der Waals surface area contributed by atoms with E-state index in [-0.39, 0.29) is 22.5 Å². The third-order valence-electron chi connectivity index (χ3n) is 4.61. The molecule has 0 aliphatic rings. The predicted molar refractivity (Wildman–Crippen MR) is 109 cm³/mol. The van der Waals surface area contributed by atoms with Gasteiger partial charge >= 0.3 is 5.69 Å².